The zero-order chi connectivity index (χ0) is 37.2. The molecule has 2 aliphatic carbocycles. The van der Waals surface area contributed by atoms with Gasteiger partial charge in [-0.15, -0.1) is 0 Å². The molecule has 0 bridgehead atoms. The Labute approximate surface area is 329 Å². The van der Waals surface area contributed by atoms with Crippen molar-refractivity contribution in [3.05, 3.63) is 217 Å². The molecule has 0 saturated carbocycles. The van der Waals surface area contributed by atoms with Crippen LogP contribution in [0, 0.1) is 0 Å². The lowest BCUT2D eigenvalue weighted by molar-refractivity contribution is 0.803. The largest absolute Gasteiger partial charge is 0.254 e. The van der Waals surface area contributed by atoms with Crippen LogP contribution >= 0.6 is 0 Å². The third-order valence-electron chi connectivity index (χ3n) is 12.9. The van der Waals surface area contributed by atoms with E-state index in [0.717, 1.165) is 38.6 Å². The monoisotopic (exact) mass is 720 g/mol. The average molecular weight is 721 g/mol. The molecular weight excluding hydrogens is 689 g/mol. The van der Waals surface area contributed by atoms with E-state index >= 15 is 0 Å². The molecule has 0 unspecified atom stereocenters. The fourth-order valence-electron chi connectivity index (χ4n) is 10.7. The van der Waals surface area contributed by atoms with Crippen molar-refractivity contribution in [2.24, 2.45) is 0 Å². The van der Waals surface area contributed by atoms with Crippen molar-refractivity contribution in [3.8, 4) is 44.6 Å². The highest BCUT2D eigenvalue weighted by Gasteiger charge is 2.53. The number of rotatable bonds is 2. The van der Waals surface area contributed by atoms with E-state index in [2.05, 4.69) is 182 Å². The van der Waals surface area contributed by atoms with Crippen molar-refractivity contribution in [3.63, 3.8) is 0 Å². The average Bonchev–Trinajstić information content (AvgIpc) is 3.77. The van der Waals surface area contributed by atoms with Crippen LogP contribution in [0.4, 0.5) is 0 Å². The second-order valence-electron chi connectivity index (χ2n) is 15.5. The molecule has 13 rings (SSSR count). The smallest absolute Gasteiger partial charge is 0.0972 e. The summed E-state index contributed by atoms with van der Waals surface area (Å²) < 4.78 is 0. The fourth-order valence-corrected chi connectivity index (χ4v) is 10.7. The molecule has 0 N–H and O–H groups in total. The van der Waals surface area contributed by atoms with Gasteiger partial charge >= 0.3 is 0 Å². The lowest BCUT2D eigenvalue weighted by Crippen LogP contribution is -2.26. The number of aromatic nitrogens is 2. The van der Waals surface area contributed by atoms with Gasteiger partial charge in [0, 0.05) is 22.5 Å². The van der Waals surface area contributed by atoms with Gasteiger partial charge in [0.25, 0.3) is 0 Å². The van der Waals surface area contributed by atoms with Crippen LogP contribution in [0.5, 0.6) is 0 Å². The maximum Gasteiger partial charge on any atom is 0.0972 e. The summed E-state index contributed by atoms with van der Waals surface area (Å²) in [7, 11) is 0. The second kappa shape index (κ2) is 11.3. The second-order valence-corrected chi connectivity index (χ2v) is 15.5. The lowest BCUT2D eigenvalue weighted by Gasteiger charge is -2.32. The van der Waals surface area contributed by atoms with Gasteiger partial charge in [-0.3, -0.25) is 4.98 Å². The van der Waals surface area contributed by atoms with Crippen molar-refractivity contribution in [2.75, 3.05) is 0 Å². The van der Waals surface area contributed by atoms with Crippen LogP contribution in [-0.4, -0.2) is 9.97 Å². The Morgan fingerprint density at radius 1 is 0.333 bits per heavy atom. The topological polar surface area (TPSA) is 25.8 Å². The summed E-state index contributed by atoms with van der Waals surface area (Å²) in [6, 6.07) is 69.6. The van der Waals surface area contributed by atoms with Crippen molar-refractivity contribution in [1.82, 2.24) is 9.97 Å². The number of pyridine rings is 2. The SMILES string of the molecule is c1ccc(-c2cc3c(c4ccccc24)-c2c(c4ccccc4c4ccccc24)C32c3ccccc3-c3ccccc32)c(-c2ccc3ccc4cccnc4c3n2)c1. The predicted octanol–water partition coefficient (Wildman–Crippen LogP) is 13.9. The molecule has 0 aliphatic heterocycles. The summed E-state index contributed by atoms with van der Waals surface area (Å²) in [6.45, 7) is 0. The first kappa shape index (κ1) is 30.9. The number of hydrogen-bond acceptors (Lipinski definition) is 2. The molecule has 1 spiro atoms. The standard InChI is InChI=1S/C55H32N2/c1-5-21-41(49-30-29-34-28-27-33-14-13-31-56-53(33)54(34)57-49)37(17-1)45-32-48-50(42-22-6-3-18-38(42)45)51-43-23-7-2-15-35(43)36-16-4-8-24-44(36)52(51)55(48)46-25-11-9-19-39(46)40-20-10-12-26-47(40)55/h1-32H. The van der Waals surface area contributed by atoms with E-state index in [4.69, 9.17) is 9.97 Å². The Bertz CT molecular complexity index is 3490. The van der Waals surface area contributed by atoms with E-state index in [-0.39, 0.29) is 0 Å². The molecule has 2 heteroatoms. The highest BCUT2D eigenvalue weighted by atomic mass is 14.8. The quantitative estimate of drug-likeness (QED) is 0.166. The van der Waals surface area contributed by atoms with Crippen LogP contribution in [0.2, 0.25) is 0 Å². The minimum absolute atomic E-state index is 0.541. The van der Waals surface area contributed by atoms with Crippen LogP contribution in [0.3, 0.4) is 0 Å². The molecule has 0 radical (unpaired) electrons. The normalized spacial score (nSPS) is 13.4. The third kappa shape index (κ3) is 3.94. The highest BCUT2D eigenvalue weighted by molar-refractivity contribution is 6.24. The van der Waals surface area contributed by atoms with Gasteiger partial charge in [-0.05, 0) is 106 Å². The van der Waals surface area contributed by atoms with Gasteiger partial charge in [-0.2, -0.15) is 0 Å². The lowest BCUT2D eigenvalue weighted by atomic mass is 9.68. The minimum atomic E-state index is -0.541. The first-order valence-corrected chi connectivity index (χ1v) is 19.7. The van der Waals surface area contributed by atoms with Crippen molar-refractivity contribution < 1.29 is 0 Å². The summed E-state index contributed by atoms with van der Waals surface area (Å²) in [6.07, 6.45) is 1.86. The molecule has 0 saturated heterocycles. The Kier molecular flexibility index (Phi) is 6.13. The summed E-state index contributed by atoms with van der Waals surface area (Å²) in [5.41, 5.74) is 16.4. The Hall–Kier alpha value is -7.42. The molecule has 2 aliphatic rings. The Balaban J connectivity index is 1.20. The van der Waals surface area contributed by atoms with Gasteiger partial charge in [0.1, 0.15) is 0 Å². The Morgan fingerprint density at radius 2 is 0.860 bits per heavy atom. The number of benzene rings is 9. The molecule has 2 nitrogen and oxygen atoms in total. The first-order valence-electron chi connectivity index (χ1n) is 19.7. The molecule has 2 heterocycles. The molecular formula is C55H32N2. The van der Waals surface area contributed by atoms with Gasteiger partial charge in [0.2, 0.25) is 0 Å². The van der Waals surface area contributed by atoms with Gasteiger partial charge in [0.05, 0.1) is 22.1 Å². The maximum absolute atomic E-state index is 5.38. The highest BCUT2D eigenvalue weighted by Crippen LogP contribution is 2.67. The number of hydrogen-bond donors (Lipinski definition) is 0. The van der Waals surface area contributed by atoms with Crippen LogP contribution in [-0.2, 0) is 5.41 Å². The zero-order valence-corrected chi connectivity index (χ0v) is 30.9. The van der Waals surface area contributed by atoms with Crippen LogP contribution in [0.1, 0.15) is 22.3 Å². The predicted molar refractivity (Wildman–Crippen MR) is 237 cm³/mol. The Morgan fingerprint density at radius 3 is 1.58 bits per heavy atom. The molecule has 0 fully saturated rings. The molecule has 11 aromatic rings. The van der Waals surface area contributed by atoms with Gasteiger partial charge in [-0.1, -0.05) is 170 Å². The van der Waals surface area contributed by atoms with Crippen molar-refractivity contribution in [1.29, 1.82) is 0 Å². The van der Waals surface area contributed by atoms with Crippen molar-refractivity contribution in [2.45, 2.75) is 5.41 Å². The summed E-state index contributed by atoms with van der Waals surface area (Å²) >= 11 is 0. The van der Waals surface area contributed by atoms with Crippen molar-refractivity contribution >= 4 is 54.1 Å². The van der Waals surface area contributed by atoms with E-state index in [9.17, 15) is 0 Å². The summed E-state index contributed by atoms with van der Waals surface area (Å²) in [5, 5.41) is 9.86. The minimum Gasteiger partial charge on any atom is -0.254 e. The summed E-state index contributed by atoms with van der Waals surface area (Å²) in [5.74, 6) is 0. The number of fused-ring (bicyclic) bond motifs is 20. The zero-order valence-electron chi connectivity index (χ0n) is 30.9. The van der Waals surface area contributed by atoms with Gasteiger partial charge in [-0.25, -0.2) is 4.98 Å². The molecule has 2 aromatic heterocycles. The van der Waals surface area contributed by atoms with E-state index in [1.807, 2.05) is 12.3 Å². The van der Waals surface area contributed by atoms with E-state index in [0.29, 0.717) is 0 Å². The maximum atomic E-state index is 5.38. The van der Waals surface area contributed by atoms with Gasteiger partial charge in [0.15, 0.2) is 0 Å². The summed E-state index contributed by atoms with van der Waals surface area (Å²) in [4.78, 5) is 10.2. The van der Waals surface area contributed by atoms with E-state index in [1.165, 1.54) is 82.4 Å². The molecule has 57 heavy (non-hydrogen) atoms. The van der Waals surface area contributed by atoms with Crippen LogP contribution in [0.25, 0.3) is 98.8 Å². The fraction of sp³-hybridized carbons (Fsp3) is 0.0182. The van der Waals surface area contributed by atoms with Crippen LogP contribution in [0.15, 0.2) is 194 Å². The first-order chi connectivity index (χ1) is 28.3. The van der Waals surface area contributed by atoms with Crippen LogP contribution < -0.4 is 0 Å². The molecule has 262 valence electrons. The van der Waals surface area contributed by atoms with E-state index in [1.54, 1.807) is 0 Å². The molecule has 9 aromatic carbocycles. The molecule has 0 amide bonds. The third-order valence-corrected chi connectivity index (χ3v) is 12.9. The van der Waals surface area contributed by atoms with E-state index < -0.39 is 5.41 Å². The molecule has 0 atom stereocenters. The number of nitrogens with zero attached hydrogens (tertiary/aromatic N) is 2. The van der Waals surface area contributed by atoms with Gasteiger partial charge < -0.3 is 0 Å².